The van der Waals surface area contributed by atoms with Crippen LogP contribution in [0.4, 0.5) is 0 Å². The van der Waals surface area contributed by atoms with Crippen molar-refractivity contribution in [3.63, 3.8) is 0 Å². The number of aromatic nitrogens is 8. The zero-order valence-electron chi connectivity index (χ0n) is 20.2. The second-order valence-corrected chi connectivity index (χ2v) is 8.77. The molecule has 0 aliphatic rings. The number of benzene rings is 2. The van der Waals surface area contributed by atoms with Crippen molar-refractivity contribution in [3.05, 3.63) is 80.8 Å². The lowest BCUT2D eigenvalue weighted by Crippen LogP contribution is -2.37. The van der Waals surface area contributed by atoms with Crippen LogP contribution in [0.5, 0.6) is 0 Å². The van der Waals surface area contributed by atoms with Gasteiger partial charge in [-0.15, -0.1) is 10.2 Å². The van der Waals surface area contributed by atoms with Crippen molar-refractivity contribution in [1.29, 1.82) is 0 Å². The number of tetrazole rings is 1. The summed E-state index contributed by atoms with van der Waals surface area (Å²) in [5.74, 6) is 1.31. The van der Waals surface area contributed by atoms with Gasteiger partial charge in [0.25, 0.3) is 5.56 Å². The first-order valence-corrected chi connectivity index (χ1v) is 11.6. The maximum Gasteiger partial charge on any atom is 0.330 e. The Kier molecular flexibility index (Phi) is 6.30. The minimum atomic E-state index is -0.492. The van der Waals surface area contributed by atoms with Gasteiger partial charge in [0.15, 0.2) is 11.2 Å². The van der Waals surface area contributed by atoms with Crippen LogP contribution in [0.3, 0.4) is 0 Å². The topological polar surface area (TPSA) is 136 Å². The fourth-order valence-corrected chi connectivity index (χ4v) is 4.33. The molecule has 0 bridgehead atoms. The van der Waals surface area contributed by atoms with Gasteiger partial charge in [0, 0.05) is 25.1 Å². The number of imidazole rings is 1. The highest BCUT2D eigenvalue weighted by molar-refractivity contribution is 5.80. The monoisotopic (exact) mass is 486 g/mol. The third-order valence-electron chi connectivity index (χ3n) is 6.07. The summed E-state index contributed by atoms with van der Waals surface area (Å²) in [5, 5.41) is 14.4. The van der Waals surface area contributed by atoms with Gasteiger partial charge in [0.05, 0.1) is 13.2 Å². The van der Waals surface area contributed by atoms with Gasteiger partial charge in [0.2, 0.25) is 5.82 Å². The molecule has 5 aromatic rings. The normalized spacial score (nSPS) is 11.6. The largest absolute Gasteiger partial charge is 0.383 e. The summed E-state index contributed by atoms with van der Waals surface area (Å²) in [7, 11) is 1.53. The number of hydrogen-bond donors (Lipinski definition) is 2. The summed E-state index contributed by atoms with van der Waals surface area (Å²) in [6, 6.07) is 16.0. The summed E-state index contributed by atoms with van der Waals surface area (Å²) in [6.45, 7) is 4.88. The lowest BCUT2D eigenvalue weighted by Gasteiger charge is -2.13. The molecule has 11 heteroatoms. The molecule has 2 N–H and O–H groups in total. The van der Waals surface area contributed by atoms with Crippen LogP contribution in [0, 0.1) is 0 Å². The summed E-state index contributed by atoms with van der Waals surface area (Å²) < 4.78 is 8.12. The van der Waals surface area contributed by atoms with Crippen molar-refractivity contribution in [1.82, 2.24) is 39.7 Å². The van der Waals surface area contributed by atoms with Crippen LogP contribution < -0.4 is 11.2 Å². The van der Waals surface area contributed by atoms with E-state index >= 15 is 0 Å². The van der Waals surface area contributed by atoms with Crippen molar-refractivity contribution in [2.24, 2.45) is 0 Å². The predicted octanol–water partition coefficient (Wildman–Crippen LogP) is 2.55. The average Bonchev–Trinajstić information content (AvgIpc) is 3.53. The zero-order valence-corrected chi connectivity index (χ0v) is 20.2. The molecule has 3 heterocycles. The van der Waals surface area contributed by atoms with Crippen LogP contribution >= 0.6 is 0 Å². The Balaban J connectivity index is 1.54. The van der Waals surface area contributed by atoms with Gasteiger partial charge in [-0.2, -0.15) is 5.21 Å². The van der Waals surface area contributed by atoms with Crippen LogP contribution in [-0.2, 0) is 17.8 Å². The van der Waals surface area contributed by atoms with Gasteiger partial charge in [-0.05, 0) is 21.9 Å². The maximum absolute atomic E-state index is 13.3. The van der Waals surface area contributed by atoms with Crippen molar-refractivity contribution in [2.75, 3.05) is 13.7 Å². The highest BCUT2D eigenvalue weighted by atomic mass is 16.5. The first-order chi connectivity index (χ1) is 17.5. The molecule has 0 aliphatic heterocycles. The Labute approximate surface area is 205 Å². The molecular formula is C25H26N8O3. The Morgan fingerprint density at radius 1 is 1.00 bits per heavy atom. The quantitative estimate of drug-likeness (QED) is 0.344. The van der Waals surface area contributed by atoms with E-state index in [1.165, 1.54) is 7.11 Å². The molecule has 3 aromatic heterocycles. The molecule has 36 heavy (non-hydrogen) atoms. The van der Waals surface area contributed by atoms with E-state index in [1.54, 1.807) is 0 Å². The summed E-state index contributed by atoms with van der Waals surface area (Å²) >= 11 is 0. The highest BCUT2D eigenvalue weighted by Gasteiger charge is 2.20. The number of rotatable bonds is 8. The molecule has 11 nitrogen and oxygen atoms in total. The van der Waals surface area contributed by atoms with Gasteiger partial charge in [-0.1, -0.05) is 62.4 Å². The standard InChI is InChI=1S/C25H26N8O3/c1-15(2)23-26-22-20(24(34)32(12-13-36-3)25(35)27-22)33(23)14-16-8-10-17(11-9-16)18-6-4-5-7-19(18)21-28-30-31-29-21/h4-11,15H,12-14H2,1-3H3,(H,27,35)(H,28,29,30,31). The number of fused-ring (bicyclic) bond motifs is 1. The number of H-pyrrole nitrogens is 2. The second-order valence-electron chi connectivity index (χ2n) is 8.77. The van der Waals surface area contributed by atoms with E-state index in [0.717, 1.165) is 32.6 Å². The minimum absolute atomic E-state index is 0.0498. The Morgan fingerprint density at radius 3 is 2.42 bits per heavy atom. The lowest BCUT2D eigenvalue weighted by atomic mass is 9.98. The highest BCUT2D eigenvalue weighted by Crippen LogP contribution is 2.30. The molecule has 0 fully saturated rings. The van der Waals surface area contributed by atoms with Gasteiger partial charge in [0.1, 0.15) is 5.82 Å². The number of hydrogen-bond acceptors (Lipinski definition) is 7. The van der Waals surface area contributed by atoms with Gasteiger partial charge >= 0.3 is 5.69 Å². The van der Waals surface area contributed by atoms with Gasteiger partial charge < -0.3 is 9.30 Å². The van der Waals surface area contributed by atoms with Gasteiger partial charge in [-0.3, -0.25) is 14.3 Å². The summed E-state index contributed by atoms with van der Waals surface area (Å²) in [5.41, 5.74) is 3.66. The molecule has 0 atom stereocenters. The Bertz CT molecular complexity index is 1610. The third kappa shape index (κ3) is 4.24. The van der Waals surface area contributed by atoms with E-state index in [-0.39, 0.29) is 24.6 Å². The zero-order chi connectivity index (χ0) is 25.2. The molecule has 0 amide bonds. The SMILES string of the molecule is COCCn1c(=O)[nH]c2nc(C(C)C)n(Cc3ccc(-c4ccccc4-c4nn[nH]n4)cc3)c2c1=O. The predicted molar refractivity (Wildman–Crippen MR) is 135 cm³/mol. The van der Waals surface area contributed by atoms with E-state index in [9.17, 15) is 9.59 Å². The third-order valence-corrected chi connectivity index (χ3v) is 6.07. The molecular weight excluding hydrogens is 460 g/mol. The first-order valence-electron chi connectivity index (χ1n) is 11.6. The molecule has 0 saturated carbocycles. The molecule has 5 rings (SSSR count). The smallest absolute Gasteiger partial charge is 0.330 e. The number of nitrogens with one attached hydrogen (secondary N) is 2. The van der Waals surface area contributed by atoms with E-state index < -0.39 is 5.69 Å². The fraction of sp³-hybridized carbons (Fsp3) is 0.280. The Morgan fingerprint density at radius 2 is 1.75 bits per heavy atom. The van der Waals surface area contributed by atoms with Crippen LogP contribution in [0.1, 0.15) is 31.2 Å². The molecule has 0 spiro atoms. The van der Waals surface area contributed by atoms with E-state index in [1.807, 2.05) is 66.9 Å². The maximum atomic E-state index is 13.3. The number of aromatic amines is 2. The molecule has 184 valence electrons. The Hall–Kier alpha value is -4.38. The van der Waals surface area contributed by atoms with E-state index in [0.29, 0.717) is 23.5 Å². The van der Waals surface area contributed by atoms with Crippen LogP contribution in [0.2, 0.25) is 0 Å². The lowest BCUT2D eigenvalue weighted by molar-refractivity contribution is 0.185. The van der Waals surface area contributed by atoms with Crippen LogP contribution in [0.15, 0.2) is 58.1 Å². The number of ether oxygens (including phenoxy) is 1. The van der Waals surface area contributed by atoms with E-state index in [2.05, 4.69) is 30.6 Å². The van der Waals surface area contributed by atoms with E-state index in [4.69, 9.17) is 4.74 Å². The minimum Gasteiger partial charge on any atom is -0.383 e. The van der Waals surface area contributed by atoms with Crippen molar-refractivity contribution in [3.8, 4) is 22.5 Å². The van der Waals surface area contributed by atoms with Crippen LogP contribution in [-0.4, -0.2) is 53.4 Å². The van der Waals surface area contributed by atoms with Crippen molar-refractivity contribution in [2.45, 2.75) is 32.9 Å². The van der Waals surface area contributed by atoms with Crippen molar-refractivity contribution < 1.29 is 4.74 Å². The summed E-state index contributed by atoms with van der Waals surface area (Å²) in [4.78, 5) is 33.1. The summed E-state index contributed by atoms with van der Waals surface area (Å²) in [6.07, 6.45) is 0. The van der Waals surface area contributed by atoms with Gasteiger partial charge in [-0.25, -0.2) is 9.78 Å². The molecule has 0 aliphatic carbocycles. The molecule has 0 saturated heterocycles. The molecule has 0 radical (unpaired) electrons. The molecule has 2 aromatic carbocycles. The molecule has 0 unspecified atom stereocenters. The number of nitrogens with zero attached hydrogens (tertiary/aromatic N) is 6. The average molecular weight is 487 g/mol. The van der Waals surface area contributed by atoms with Crippen molar-refractivity contribution >= 4 is 11.2 Å². The fourth-order valence-electron chi connectivity index (χ4n) is 4.33. The number of methoxy groups -OCH3 is 1. The first kappa shape index (κ1) is 23.4. The van der Waals surface area contributed by atoms with Crippen LogP contribution in [0.25, 0.3) is 33.7 Å². The second kappa shape index (κ2) is 9.70.